The lowest BCUT2D eigenvalue weighted by molar-refractivity contribution is -0.722. The Hall–Kier alpha value is -2.32. The van der Waals surface area contributed by atoms with E-state index >= 15 is 0 Å². The van der Waals surface area contributed by atoms with E-state index in [2.05, 4.69) is 0 Å². The van der Waals surface area contributed by atoms with Crippen LogP contribution in [0, 0.1) is 0 Å². The maximum atomic E-state index is 11.8. The number of rotatable bonds is 5. The lowest BCUT2D eigenvalue weighted by Crippen LogP contribution is -2.95. The highest BCUT2D eigenvalue weighted by Gasteiger charge is 2.20. The third-order valence-electron chi connectivity index (χ3n) is 3.38. The summed E-state index contributed by atoms with van der Waals surface area (Å²) >= 11 is 0. The fourth-order valence-electron chi connectivity index (χ4n) is 1.89. The average Bonchev–Trinajstić information content (AvgIpc) is 2.51. The van der Waals surface area contributed by atoms with Gasteiger partial charge < -0.3 is 29.7 Å². The highest BCUT2D eigenvalue weighted by atomic mass is 16.6. The molecule has 3 N–H and O–H groups in total. The van der Waals surface area contributed by atoms with Crippen molar-refractivity contribution >= 4 is 12.2 Å². The molecule has 0 fully saturated rings. The second kappa shape index (κ2) is 8.86. The summed E-state index contributed by atoms with van der Waals surface area (Å²) in [5.74, 6) is 0.384. The van der Waals surface area contributed by atoms with Crippen LogP contribution in [0.15, 0.2) is 18.2 Å². The zero-order valence-electron chi connectivity index (χ0n) is 16.6. The van der Waals surface area contributed by atoms with E-state index in [1.54, 1.807) is 40.3 Å². The Morgan fingerprint density at radius 1 is 1.00 bits per heavy atom. The van der Waals surface area contributed by atoms with Crippen molar-refractivity contribution < 1.29 is 29.5 Å². The molecule has 0 aliphatic rings. The first-order chi connectivity index (χ1) is 11.9. The molecule has 0 saturated heterocycles. The van der Waals surface area contributed by atoms with E-state index in [9.17, 15) is 14.7 Å². The molecule has 0 bridgehead atoms. The van der Waals surface area contributed by atoms with Crippen LogP contribution in [-0.2, 0) is 0 Å². The quantitative estimate of drug-likeness (QED) is 0.814. The van der Waals surface area contributed by atoms with Gasteiger partial charge in [0.15, 0.2) is 0 Å². The summed E-state index contributed by atoms with van der Waals surface area (Å²) in [6.07, 6.45) is -1.95. The predicted octanol–water partition coefficient (Wildman–Crippen LogP) is 1.20. The number of nitrogens with zero attached hydrogens (tertiary/aromatic N) is 2. The predicted molar refractivity (Wildman–Crippen MR) is 97.4 cm³/mol. The van der Waals surface area contributed by atoms with Gasteiger partial charge in [0, 0.05) is 34.3 Å². The van der Waals surface area contributed by atoms with Gasteiger partial charge in [0.1, 0.15) is 24.1 Å². The van der Waals surface area contributed by atoms with E-state index in [0.29, 0.717) is 12.1 Å². The topological polar surface area (TPSA) is 95.9 Å². The summed E-state index contributed by atoms with van der Waals surface area (Å²) in [5.41, 5.74) is 0.451. The molecule has 1 aromatic carbocycles. The molecule has 1 aromatic rings. The molecule has 0 aliphatic heterocycles. The van der Waals surface area contributed by atoms with E-state index in [-0.39, 0.29) is 17.0 Å². The highest BCUT2D eigenvalue weighted by molar-refractivity contribution is 5.72. The maximum absolute atomic E-state index is 11.8. The minimum atomic E-state index is -0.816. The van der Waals surface area contributed by atoms with Crippen LogP contribution < -0.4 is 14.8 Å². The Kier molecular flexibility index (Phi) is 7.41. The normalized spacial score (nSPS) is 12.3. The summed E-state index contributed by atoms with van der Waals surface area (Å²) in [7, 11) is 6.25. The van der Waals surface area contributed by atoms with Crippen LogP contribution in [0.25, 0.3) is 0 Å². The van der Waals surface area contributed by atoms with Gasteiger partial charge >= 0.3 is 12.2 Å². The van der Waals surface area contributed by atoms with Crippen molar-refractivity contribution in [1.82, 2.24) is 9.80 Å². The molecule has 0 heterocycles. The molecule has 0 aliphatic carbocycles. The number of benzene rings is 1. The average molecular weight is 368 g/mol. The number of quaternary nitrogens is 1. The standard InChI is InChI=1S/C18H29N3O5/c1-18(2,3)19-11-15(22)12-8-13(25-16(23)20(4)5)10-14(9-12)26-17(24)21(6)7/h8-10,15,19,22H,11H2,1-7H3/p+1/t15-/m1/s1. The SMILES string of the molecule is CN(C)C(=O)Oc1cc(OC(=O)N(C)C)cc([C@H](O)C[NH2+]C(C)(C)C)c1. The summed E-state index contributed by atoms with van der Waals surface area (Å²) in [6.45, 7) is 6.54. The van der Waals surface area contributed by atoms with Gasteiger partial charge in [-0.15, -0.1) is 0 Å². The van der Waals surface area contributed by atoms with Crippen LogP contribution in [0.4, 0.5) is 9.59 Å². The minimum Gasteiger partial charge on any atom is -0.410 e. The van der Waals surface area contributed by atoms with Crippen LogP contribution in [0.3, 0.4) is 0 Å². The van der Waals surface area contributed by atoms with Crippen LogP contribution in [0.2, 0.25) is 0 Å². The van der Waals surface area contributed by atoms with E-state index in [4.69, 9.17) is 9.47 Å². The first-order valence-electron chi connectivity index (χ1n) is 8.34. The zero-order chi connectivity index (χ0) is 20.1. The number of carbonyl (C=O) groups is 2. The van der Waals surface area contributed by atoms with Crippen molar-refractivity contribution in [2.24, 2.45) is 0 Å². The van der Waals surface area contributed by atoms with Crippen molar-refractivity contribution in [2.45, 2.75) is 32.4 Å². The van der Waals surface area contributed by atoms with E-state index < -0.39 is 18.3 Å². The minimum absolute atomic E-state index is 0.0454. The van der Waals surface area contributed by atoms with Gasteiger partial charge in [-0.2, -0.15) is 0 Å². The number of aliphatic hydroxyl groups excluding tert-OH is 1. The molecule has 1 atom stereocenters. The lowest BCUT2D eigenvalue weighted by atomic mass is 10.1. The molecule has 146 valence electrons. The second-order valence-corrected chi connectivity index (χ2v) is 7.58. The van der Waals surface area contributed by atoms with Crippen molar-refractivity contribution in [3.8, 4) is 11.5 Å². The van der Waals surface area contributed by atoms with E-state index in [1.807, 2.05) is 26.1 Å². The second-order valence-electron chi connectivity index (χ2n) is 7.58. The number of carbonyl (C=O) groups excluding carboxylic acids is 2. The Morgan fingerprint density at radius 3 is 1.77 bits per heavy atom. The molecule has 8 heteroatoms. The summed E-state index contributed by atoms with van der Waals surface area (Å²) in [4.78, 5) is 26.2. The van der Waals surface area contributed by atoms with Gasteiger partial charge in [-0.25, -0.2) is 9.59 Å². The number of hydrogen-bond acceptors (Lipinski definition) is 5. The summed E-state index contributed by atoms with van der Waals surface area (Å²) < 4.78 is 10.5. The molecule has 0 aromatic heterocycles. The van der Waals surface area contributed by atoms with Gasteiger partial charge in [0.2, 0.25) is 0 Å². The molecule has 26 heavy (non-hydrogen) atoms. The van der Waals surface area contributed by atoms with Gasteiger partial charge in [0.05, 0.1) is 5.54 Å². The Morgan fingerprint density at radius 2 is 1.42 bits per heavy atom. The molecule has 8 nitrogen and oxygen atoms in total. The number of amides is 2. The zero-order valence-corrected chi connectivity index (χ0v) is 16.6. The fraction of sp³-hybridized carbons (Fsp3) is 0.556. The number of aliphatic hydroxyl groups is 1. The van der Waals surface area contributed by atoms with Crippen LogP contribution >= 0.6 is 0 Å². The van der Waals surface area contributed by atoms with Gasteiger partial charge in [-0.3, -0.25) is 0 Å². The monoisotopic (exact) mass is 368 g/mol. The van der Waals surface area contributed by atoms with Crippen LogP contribution in [0.5, 0.6) is 11.5 Å². The van der Waals surface area contributed by atoms with E-state index in [0.717, 1.165) is 0 Å². The third-order valence-corrected chi connectivity index (χ3v) is 3.38. The summed E-state index contributed by atoms with van der Waals surface area (Å²) in [6, 6.07) is 4.57. The Bertz CT molecular complexity index is 598. The fourth-order valence-corrected chi connectivity index (χ4v) is 1.89. The molecular weight excluding hydrogens is 338 g/mol. The van der Waals surface area contributed by atoms with Gasteiger partial charge in [-0.1, -0.05) is 0 Å². The molecule has 0 unspecified atom stereocenters. The molecule has 2 amide bonds. The smallest absolute Gasteiger partial charge is 0.410 e. The number of hydrogen-bond donors (Lipinski definition) is 2. The summed E-state index contributed by atoms with van der Waals surface area (Å²) in [5, 5.41) is 12.5. The molecule has 0 saturated carbocycles. The van der Waals surface area contributed by atoms with Crippen molar-refractivity contribution in [3.63, 3.8) is 0 Å². The van der Waals surface area contributed by atoms with Gasteiger partial charge in [0.25, 0.3) is 0 Å². The first-order valence-corrected chi connectivity index (χ1v) is 8.34. The molecule has 0 spiro atoms. The number of nitrogens with two attached hydrogens (primary N) is 1. The Labute approximate surface area is 154 Å². The lowest BCUT2D eigenvalue weighted by Gasteiger charge is -2.20. The third kappa shape index (κ3) is 7.28. The Balaban J connectivity index is 3.10. The first kappa shape index (κ1) is 21.7. The van der Waals surface area contributed by atoms with Crippen LogP contribution in [0.1, 0.15) is 32.4 Å². The van der Waals surface area contributed by atoms with Gasteiger partial charge in [-0.05, 0) is 38.5 Å². The number of ether oxygens (including phenoxy) is 2. The van der Waals surface area contributed by atoms with Crippen LogP contribution in [-0.4, -0.2) is 67.4 Å². The maximum Gasteiger partial charge on any atom is 0.414 e. The molecule has 1 rings (SSSR count). The van der Waals surface area contributed by atoms with Crippen molar-refractivity contribution in [1.29, 1.82) is 0 Å². The van der Waals surface area contributed by atoms with Crippen molar-refractivity contribution in [2.75, 3.05) is 34.7 Å². The van der Waals surface area contributed by atoms with Crippen molar-refractivity contribution in [3.05, 3.63) is 23.8 Å². The largest absolute Gasteiger partial charge is 0.414 e. The van der Waals surface area contributed by atoms with E-state index in [1.165, 1.54) is 15.9 Å². The molecule has 0 radical (unpaired) electrons. The molecular formula is C18H30N3O5+. The highest BCUT2D eigenvalue weighted by Crippen LogP contribution is 2.27.